The largest absolute Gasteiger partial charge is 0.256 e. The number of rotatable bonds is 0. The molecule has 0 amide bonds. The molecule has 1 nitrogen and oxygen atoms in total. The minimum absolute atomic E-state index is 1.03. The Kier molecular flexibility index (Phi) is 1.51. The van der Waals surface area contributed by atoms with Gasteiger partial charge in [-0.25, -0.2) is 0 Å². The van der Waals surface area contributed by atoms with E-state index in [0.29, 0.717) is 0 Å². The summed E-state index contributed by atoms with van der Waals surface area (Å²) in [5, 5.41) is 3.60. The monoisotopic (exact) mass is 178 g/mol. The maximum atomic E-state index is 4.39. The van der Waals surface area contributed by atoms with Crippen LogP contribution in [0.4, 0.5) is 0 Å². The van der Waals surface area contributed by atoms with Crippen LogP contribution in [0.25, 0.3) is 21.7 Å². The van der Waals surface area contributed by atoms with Crippen LogP contribution >= 0.6 is 0 Å². The number of nitrogens with zero attached hydrogens (tertiary/aromatic N) is 1. The molecule has 65 valence electrons. The van der Waals surface area contributed by atoms with Gasteiger partial charge in [-0.15, -0.1) is 0 Å². The summed E-state index contributed by atoms with van der Waals surface area (Å²) < 4.78 is 0. The second-order valence-corrected chi connectivity index (χ2v) is 3.29. The average Bonchev–Trinajstić information content (AvgIpc) is 2.29. The van der Waals surface area contributed by atoms with E-state index in [-0.39, 0.29) is 0 Å². The van der Waals surface area contributed by atoms with Crippen molar-refractivity contribution in [3.8, 4) is 0 Å². The van der Waals surface area contributed by atoms with Gasteiger partial charge in [0.25, 0.3) is 0 Å². The summed E-state index contributed by atoms with van der Waals surface area (Å²) in [6.45, 7) is 0. The van der Waals surface area contributed by atoms with Gasteiger partial charge in [0.05, 0.1) is 5.52 Å². The fourth-order valence-corrected chi connectivity index (χ4v) is 1.74. The molecule has 1 heterocycles. The summed E-state index contributed by atoms with van der Waals surface area (Å²) in [5.74, 6) is 0. The Labute approximate surface area is 82.0 Å². The van der Waals surface area contributed by atoms with Crippen molar-refractivity contribution in [2.75, 3.05) is 0 Å². The van der Waals surface area contributed by atoms with Crippen LogP contribution in [-0.4, -0.2) is 4.98 Å². The second kappa shape index (κ2) is 2.81. The maximum Gasteiger partial charge on any atom is 0.0708 e. The molecule has 3 rings (SSSR count). The summed E-state index contributed by atoms with van der Waals surface area (Å²) in [6.07, 6.45) is 1.91. The molecular formula is C13H8N. The molecular weight excluding hydrogens is 170 g/mol. The van der Waals surface area contributed by atoms with Crippen LogP contribution in [0.2, 0.25) is 0 Å². The average molecular weight is 178 g/mol. The molecule has 0 atom stereocenters. The van der Waals surface area contributed by atoms with Crippen molar-refractivity contribution >= 4 is 21.7 Å². The van der Waals surface area contributed by atoms with Crippen LogP contribution in [0.15, 0.2) is 48.7 Å². The molecule has 0 N–H and O–H groups in total. The van der Waals surface area contributed by atoms with Gasteiger partial charge in [0.15, 0.2) is 0 Å². The van der Waals surface area contributed by atoms with Crippen molar-refractivity contribution in [2.45, 2.75) is 0 Å². The summed E-state index contributed by atoms with van der Waals surface area (Å²) in [7, 11) is 0. The third-order valence-electron chi connectivity index (χ3n) is 2.43. The van der Waals surface area contributed by atoms with E-state index in [1.807, 2.05) is 30.5 Å². The molecule has 0 bridgehead atoms. The molecule has 1 aromatic heterocycles. The Morgan fingerprint density at radius 1 is 1.00 bits per heavy atom. The van der Waals surface area contributed by atoms with Gasteiger partial charge in [0, 0.05) is 17.0 Å². The van der Waals surface area contributed by atoms with Crippen molar-refractivity contribution in [2.24, 2.45) is 0 Å². The summed E-state index contributed by atoms with van der Waals surface area (Å²) >= 11 is 0. The maximum absolute atomic E-state index is 4.39. The van der Waals surface area contributed by atoms with Crippen LogP contribution in [0.1, 0.15) is 0 Å². The van der Waals surface area contributed by atoms with E-state index in [9.17, 15) is 0 Å². The fraction of sp³-hybridized carbons (Fsp3) is 0. The van der Waals surface area contributed by atoms with E-state index in [4.69, 9.17) is 0 Å². The Morgan fingerprint density at radius 3 is 2.93 bits per heavy atom. The lowest BCUT2D eigenvalue weighted by molar-refractivity contribution is 1.44. The van der Waals surface area contributed by atoms with Crippen LogP contribution < -0.4 is 0 Å². The van der Waals surface area contributed by atoms with Gasteiger partial charge in [-0.1, -0.05) is 30.3 Å². The Balaban J connectivity index is 2.61. The highest BCUT2D eigenvalue weighted by Crippen LogP contribution is 2.22. The first-order chi connectivity index (χ1) is 6.95. The van der Waals surface area contributed by atoms with E-state index in [1.165, 1.54) is 16.2 Å². The van der Waals surface area contributed by atoms with Crippen molar-refractivity contribution in [3.05, 3.63) is 54.7 Å². The number of benzene rings is 2. The fourth-order valence-electron chi connectivity index (χ4n) is 1.74. The molecule has 0 aliphatic heterocycles. The first-order valence-electron chi connectivity index (χ1n) is 4.59. The molecule has 1 heteroatoms. The highest BCUT2D eigenvalue weighted by molar-refractivity contribution is 6.05. The van der Waals surface area contributed by atoms with Crippen LogP contribution in [0.3, 0.4) is 0 Å². The zero-order chi connectivity index (χ0) is 9.38. The molecule has 0 fully saturated rings. The molecule has 0 aliphatic rings. The zero-order valence-corrected chi connectivity index (χ0v) is 7.57. The third kappa shape index (κ3) is 0.990. The lowest BCUT2D eigenvalue weighted by Crippen LogP contribution is -1.80. The quantitative estimate of drug-likeness (QED) is 0.482. The van der Waals surface area contributed by atoms with Crippen molar-refractivity contribution < 1.29 is 0 Å². The van der Waals surface area contributed by atoms with E-state index in [0.717, 1.165) is 5.52 Å². The Bertz CT molecular complexity index is 544. The van der Waals surface area contributed by atoms with Crippen LogP contribution in [-0.2, 0) is 0 Å². The summed E-state index contributed by atoms with van der Waals surface area (Å²) in [4.78, 5) is 4.39. The molecule has 0 saturated carbocycles. The van der Waals surface area contributed by atoms with Crippen molar-refractivity contribution in [3.63, 3.8) is 0 Å². The van der Waals surface area contributed by atoms with E-state index >= 15 is 0 Å². The minimum atomic E-state index is 1.03. The summed E-state index contributed by atoms with van der Waals surface area (Å²) in [6, 6.07) is 17.2. The molecule has 0 spiro atoms. The van der Waals surface area contributed by atoms with Gasteiger partial charge < -0.3 is 0 Å². The highest BCUT2D eigenvalue weighted by atomic mass is 14.6. The van der Waals surface area contributed by atoms with Gasteiger partial charge >= 0.3 is 0 Å². The molecule has 0 aliphatic carbocycles. The van der Waals surface area contributed by atoms with Crippen molar-refractivity contribution in [1.29, 1.82) is 0 Å². The number of pyridine rings is 1. The number of hydrogen-bond donors (Lipinski definition) is 0. The first-order valence-corrected chi connectivity index (χ1v) is 4.59. The van der Waals surface area contributed by atoms with Crippen molar-refractivity contribution in [1.82, 2.24) is 4.98 Å². The molecule has 2 aromatic carbocycles. The number of fused-ring (bicyclic) bond motifs is 3. The third-order valence-corrected chi connectivity index (χ3v) is 2.43. The van der Waals surface area contributed by atoms with E-state index in [1.54, 1.807) is 0 Å². The highest BCUT2D eigenvalue weighted by Gasteiger charge is 1.98. The van der Waals surface area contributed by atoms with Gasteiger partial charge in [0.1, 0.15) is 0 Å². The van der Waals surface area contributed by atoms with Gasteiger partial charge in [-0.2, -0.15) is 0 Å². The predicted octanol–water partition coefficient (Wildman–Crippen LogP) is 3.19. The molecule has 14 heavy (non-hydrogen) atoms. The van der Waals surface area contributed by atoms with Gasteiger partial charge in [-0.05, 0) is 23.6 Å². The SMILES string of the molecule is [c]1ccc2ncc3ccccc3c2c1. The topological polar surface area (TPSA) is 12.9 Å². The number of aromatic nitrogens is 1. The van der Waals surface area contributed by atoms with Crippen LogP contribution in [0.5, 0.6) is 0 Å². The lowest BCUT2D eigenvalue weighted by Gasteiger charge is -2.01. The van der Waals surface area contributed by atoms with Crippen LogP contribution in [0, 0.1) is 6.07 Å². The smallest absolute Gasteiger partial charge is 0.0708 e. The Hall–Kier alpha value is -1.89. The number of hydrogen-bond acceptors (Lipinski definition) is 1. The van der Waals surface area contributed by atoms with Gasteiger partial charge in [-0.3, -0.25) is 4.98 Å². The predicted molar refractivity (Wildman–Crippen MR) is 58.1 cm³/mol. The Morgan fingerprint density at radius 2 is 1.93 bits per heavy atom. The molecule has 3 aromatic rings. The van der Waals surface area contributed by atoms with E-state index in [2.05, 4.69) is 29.2 Å². The van der Waals surface area contributed by atoms with E-state index < -0.39 is 0 Å². The molecule has 0 unspecified atom stereocenters. The minimum Gasteiger partial charge on any atom is -0.256 e. The second-order valence-electron chi connectivity index (χ2n) is 3.29. The lowest BCUT2D eigenvalue weighted by atomic mass is 10.1. The molecule has 1 radical (unpaired) electrons. The molecule has 0 saturated heterocycles. The summed E-state index contributed by atoms with van der Waals surface area (Å²) in [5.41, 5.74) is 1.03. The first kappa shape index (κ1) is 7.51. The normalized spacial score (nSPS) is 10.9. The zero-order valence-electron chi connectivity index (χ0n) is 7.57. The standard InChI is InChI=1S/C13H8N/c1-2-6-11-10(5-1)9-14-13-8-4-3-7-12(11)13/h1-2,4-9H. The van der Waals surface area contributed by atoms with Gasteiger partial charge in [0.2, 0.25) is 0 Å².